The fourth-order valence-electron chi connectivity index (χ4n) is 4.82. The molecule has 0 saturated heterocycles. The average Bonchev–Trinajstić information content (AvgIpc) is 2.87. The second-order valence-electron chi connectivity index (χ2n) is 8.33. The van der Waals surface area contributed by atoms with E-state index in [1.54, 1.807) is 7.11 Å². The van der Waals surface area contributed by atoms with Gasteiger partial charge in [-0.3, -0.25) is 4.98 Å². The van der Waals surface area contributed by atoms with Crippen LogP contribution >= 0.6 is 11.6 Å². The molecule has 166 valence electrons. The van der Waals surface area contributed by atoms with Gasteiger partial charge in [-0.1, -0.05) is 54.1 Å². The van der Waals surface area contributed by atoms with Crippen LogP contribution in [0.15, 0.2) is 72.8 Å². The van der Waals surface area contributed by atoms with Crippen LogP contribution in [0.1, 0.15) is 11.3 Å². The van der Waals surface area contributed by atoms with E-state index in [-0.39, 0.29) is 5.95 Å². The molecule has 6 rings (SSSR count). The van der Waals surface area contributed by atoms with Crippen LogP contribution in [0.3, 0.4) is 0 Å². The SMILES string of the molecule is COc1cccc(-c2nc(N)nc3c2CCc2nc4ccc(Cl)cc4c(-c4ccccc4)c2-3)c1. The molecule has 5 aromatic rings. The van der Waals surface area contributed by atoms with Crippen LogP contribution in [-0.4, -0.2) is 22.1 Å². The molecule has 0 bridgehead atoms. The second kappa shape index (κ2) is 8.12. The number of nitrogens with zero attached hydrogens (tertiary/aromatic N) is 3. The van der Waals surface area contributed by atoms with E-state index in [0.717, 1.165) is 74.4 Å². The zero-order chi connectivity index (χ0) is 23.2. The number of benzene rings is 3. The molecule has 0 aliphatic heterocycles. The Morgan fingerprint density at radius 3 is 2.41 bits per heavy atom. The molecule has 5 nitrogen and oxygen atoms in total. The van der Waals surface area contributed by atoms with Crippen LogP contribution in [-0.2, 0) is 12.8 Å². The first-order chi connectivity index (χ1) is 16.6. The van der Waals surface area contributed by atoms with Crippen LogP contribution in [0.25, 0.3) is 44.5 Å². The Morgan fingerprint density at radius 2 is 1.59 bits per heavy atom. The predicted molar refractivity (Wildman–Crippen MR) is 137 cm³/mol. The Morgan fingerprint density at radius 1 is 0.794 bits per heavy atom. The van der Waals surface area contributed by atoms with Gasteiger partial charge < -0.3 is 10.5 Å². The van der Waals surface area contributed by atoms with Crippen molar-refractivity contribution >= 4 is 28.5 Å². The van der Waals surface area contributed by atoms with Gasteiger partial charge in [0, 0.05) is 32.7 Å². The molecule has 0 saturated carbocycles. The minimum Gasteiger partial charge on any atom is -0.497 e. The van der Waals surface area contributed by atoms with Gasteiger partial charge in [0.25, 0.3) is 0 Å². The number of anilines is 1. The van der Waals surface area contributed by atoms with Gasteiger partial charge in [-0.25, -0.2) is 9.97 Å². The lowest BCUT2D eigenvalue weighted by molar-refractivity contribution is 0.415. The molecule has 2 N–H and O–H groups in total. The summed E-state index contributed by atoms with van der Waals surface area (Å²) in [5.41, 5.74) is 15.0. The van der Waals surface area contributed by atoms with Gasteiger partial charge in [-0.05, 0) is 48.7 Å². The molecule has 1 aliphatic carbocycles. The van der Waals surface area contributed by atoms with E-state index in [1.165, 1.54) is 0 Å². The Bertz CT molecular complexity index is 1570. The monoisotopic (exact) mass is 464 g/mol. The Kier molecular flexibility index (Phi) is 4.93. The summed E-state index contributed by atoms with van der Waals surface area (Å²) in [6.07, 6.45) is 1.56. The fourth-order valence-corrected chi connectivity index (χ4v) is 5.00. The summed E-state index contributed by atoms with van der Waals surface area (Å²) in [5, 5.41) is 1.66. The van der Waals surface area contributed by atoms with Crippen molar-refractivity contribution < 1.29 is 4.74 Å². The standard InChI is InChI=1S/C28H21ClN4O/c1-34-19-9-5-8-17(14-19)26-20-11-13-23-25(27(20)33-28(30)32-26)24(16-6-3-2-4-7-16)21-15-18(29)10-12-22(21)31-23/h2-10,12,14-15H,11,13H2,1H3,(H2,30,32,33). The number of methoxy groups -OCH3 is 1. The molecular weight excluding hydrogens is 444 g/mol. The van der Waals surface area contributed by atoms with E-state index in [1.807, 2.05) is 60.7 Å². The topological polar surface area (TPSA) is 73.9 Å². The van der Waals surface area contributed by atoms with Crippen molar-refractivity contribution in [3.63, 3.8) is 0 Å². The van der Waals surface area contributed by atoms with Crippen LogP contribution < -0.4 is 10.5 Å². The fraction of sp³-hybridized carbons (Fsp3) is 0.107. The highest BCUT2D eigenvalue weighted by Crippen LogP contribution is 2.45. The van der Waals surface area contributed by atoms with E-state index < -0.39 is 0 Å². The first-order valence-electron chi connectivity index (χ1n) is 11.1. The van der Waals surface area contributed by atoms with Gasteiger partial charge in [0.15, 0.2) is 0 Å². The number of pyridine rings is 1. The third kappa shape index (κ3) is 3.37. The number of ether oxygens (including phenoxy) is 1. The van der Waals surface area contributed by atoms with Crippen LogP contribution in [0.4, 0.5) is 5.95 Å². The summed E-state index contributed by atoms with van der Waals surface area (Å²) in [6.45, 7) is 0. The van der Waals surface area contributed by atoms with E-state index in [2.05, 4.69) is 17.1 Å². The van der Waals surface area contributed by atoms with E-state index in [9.17, 15) is 0 Å². The van der Waals surface area contributed by atoms with Crippen molar-refractivity contribution in [2.24, 2.45) is 0 Å². The van der Waals surface area contributed by atoms with Crippen molar-refractivity contribution in [1.82, 2.24) is 15.0 Å². The number of halogens is 1. The molecule has 0 radical (unpaired) electrons. The molecule has 0 unspecified atom stereocenters. The molecule has 2 heterocycles. The third-order valence-corrected chi connectivity index (χ3v) is 6.54. The van der Waals surface area contributed by atoms with Crippen molar-refractivity contribution in [3.05, 3.63) is 89.1 Å². The summed E-state index contributed by atoms with van der Waals surface area (Å²) >= 11 is 6.44. The molecule has 2 aromatic heterocycles. The van der Waals surface area contributed by atoms with Gasteiger partial charge in [-0.2, -0.15) is 0 Å². The van der Waals surface area contributed by atoms with E-state index in [0.29, 0.717) is 5.02 Å². The predicted octanol–water partition coefficient (Wildman–Crippen LogP) is 6.37. The van der Waals surface area contributed by atoms with Gasteiger partial charge in [0.1, 0.15) is 5.75 Å². The maximum atomic E-state index is 6.44. The van der Waals surface area contributed by atoms with Crippen molar-refractivity contribution in [2.75, 3.05) is 12.8 Å². The summed E-state index contributed by atoms with van der Waals surface area (Å²) in [5.74, 6) is 1.00. The van der Waals surface area contributed by atoms with Crippen LogP contribution in [0.2, 0.25) is 5.02 Å². The number of nitrogens with two attached hydrogens (primary N) is 1. The van der Waals surface area contributed by atoms with Gasteiger partial charge >= 0.3 is 0 Å². The van der Waals surface area contributed by atoms with Crippen molar-refractivity contribution in [3.8, 4) is 39.4 Å². The lowest BCUT2D eigenvalue weighted by Crippen LogP contribution is -2.14. The molecule has 0 spiro atoms. The smallest absolute Gasteiger partial charge is 0.221 e. The highest BCUT2D eigenvalue weighted by molar-refractivity contribution is 6.31. The summed E-state index contributed by atoms with van der Waals surface area (Å²) in [7, 11) is 1.66. The Balaban J connectivity index is 1.70. The minimum absolute atomic E-state index is 0.231. The van der Waals surface area contributed by atoms with Crippen LogP contribution in [0, 0.1) is 0 Å². The van der Waals surface area contributed by atoms with Gasteiger partial charge in [0.05, 0.1) is 29.7 Å². The zero-order valence-electron chi connectivity index (χ0n) is 18.5. The van der Waals surface area contributed by atoms with E-state index in [4.69, 9.17) is 32.0 Å². The maximum Gasteiger partial charge on any atom is 0.221 e. The quantitative estimate of drug-likeness (QED) is 0.336. The molecule has 0 fully saturated rings. The molecule has 6 heteroatoms. The Labute approximate surface area is 202 Å². The zero-order valence-corrected chi connectivity index (χ0v) is 19.3. The molecule has 1 aliphatic rings. The molecule has 3 aromatic carbocycles. The third-order valence-electron chi connectivity index (χ3n) is 6.30. The Hall–Kier alpha value is -3.96. The lowest BCUT2D eigenvalue weighted by atomic mass is 9.84. The van der Waals surface area contributed by atoms with E-state index >= 15 is 0 Å². The highest BCUT2D eigenvalue weighted by atomic mass is 35.5. The average molecular weight is 465 g/mol. The summed E-state index contributed by atoms with van der Waals surface area (Å²) in [6, 6.07) is 24.0. The van der Waals surface area contributed by atoms with Crippen molar-refractivity contribution in [2.45, 2.75) is 12.8 Å². The minimum atomic E-state index is 0.231. The number of fused-ring (bicyclic) bond motifs is 4. The number of rotatable bonds is 3. The number of aromatic nitrogens is 3. The largest absolute Gasteiger partial charge is 0.497 e. The highest BCUT2D eigenvalue weighted by Gasteiger charge is 2.28. The van der Waals surface area contributed by atoms with Gasteiger partial charge in [0.2, 0.25) is 5.95 Å². The normalized spacial score (nSPS) is 12.3. The lowest BCUT2D eigenvalue weighted by Gasteiger charge is -2.25. The van der Waals surface area contributed by atoms with Crippen LogP contribution in [0.5, 0.6) is 5.75 Å². The first kappa shape index (κ1) is 20.6. The molecular formula is C28H21ClN4O. The molecule has 34 heavy (non-hydrogen) atoms. The number of nitrogen functional groups attached to an aromatic ring is 1. The first-order valence-corrected chi connectivity index (χ1v) is 11.5. The summed E-state index contributed by atoms with van der Waals surface area (Å²) in [4.78, 5) is 14.4. The maximum absolute atomic E-state index is 6.44. The number of hydrogen-bond acceptors (Lipinski definition) is 5. The summed E-state index contributed by atoms with van der Waals surface area (Å²) < 4.78 is 5.45. The van der Waals surface area contributed by atoms with Gasteiger partial charge in [-0.15, -0.1) is 0 Å². The number of hydrogen-bond donors (Lipinski definition) is 1. The number of aryl methyl sites for hydroxylation is 1. The molecule has 0 atom stereocenters. The van der Waals surface area contributed by atoms with Crippen molar-refractivity contribution in [1.29, 1.82) is 0 Å². The second-order valence-corrected chi connectivity index (χ2v) is 8.76. The molecule has 0 amide bonds.